The largest absolute Gasteiger partial charge is 0.400 e. The van der Waals surface area contributed by atoms with Crippen LogP contribution in [0.2, 0.25) is 0 Å². The van der Waals surface area contributed by atoms with Crippen LogP contribution in [-0.2, 0) is 0 Å². The van der Waals surface area contributed by atoms with E-state index < -0.39 is 0 Å². The van der Waals surface area contributed by atoms with Crippen LogP contribution in [0.25, 0.3) is 0 Å². The number of rotatable bonds is 6. The highest BCUT2D eigenvalue weighted by molar-refractivity contribution is 6.31. The standard InChI is InChI=1S/C20H26ClN3O.CH4O/c1-6-18(21)20(22-5)24-9-7-16(8-10-24)23-19-14(3)11-13(2)17(12-25)15(19)4;1-2/h6,11-12,16,23H,1,5,7-10H2,2-4H3;2H,1H3/b20-18-;. The zero-order valence-electron chi connectivity index (χ0n) is 16.7. The molecule has 0 unspecified atom stereocenters. The quantitative estimate of drug-likeness (QED) is 0.433. The Bertz CT molecular complexity index is 721. The Labute approximate surface area is 167 Å². The maximum atomic E-state index is 11.4. The van der Waals surface area contributed by atoms with E-state index in [0.29, 0.717) is 16.9 Å². The van der Waals surface area contributed by atoms with E-state index >= 15 is 0 Å². The van der Waals surface area contributed by atoms with Crippen molar-refractivity contribution in [1.82, 2.24) is 4.90 Å². The molecule has 1 saturated heterocycles. The monoisotopic (exact) mass is 391 g/mol. The van der Waals surface area contributed by atoms with Gasteiger partial charge in [0.15, 0.2) is 6.29 Å². The molecule has 0 spiro atoms. The molecule has 1 aromatic rings. The van der Waals surface area contributed by atoms with Gasteiger partial charge < -0.3 is 15.3 Å². The molecule has 148 valence electrons. The molecule has 0 amide bonds. The molecule has 0 radical (unpaired) electrons. The molecule has 1 heterocycles. The van der Waals surface area contributed by atoms with Crippen LogP contribution < -0.4 is 5.32 Å². The minimum Gasteiger partial charge on any atom is -0.400 e. The summed E-state index contributed by atoms with van der Waals surface area (Å²) < 4.78 is 0. The molecule has 2 N–H and O–H groups in total. The van der Waals surface area contributed by atoms with Crippen LogP contribution in [-0.4, -0.2) is 49.3 Å². The van der Waals surface area contributed by atoms with E-state index in [1.165, 1.54) is 5.56 Å². The number of nitrogens with one attached hydrogen (secondary N) is 1. The fraction of sp³-hybridized carbons (Fsp3) is 0.429. The zero-order valence-corrected chi connectivity index (χ0v) is 17.4. The van der Waals surface area contributed by atoms with Crippen LogP contribution in [0.15, 0.2) is 34.6 Å². The van der Waals surface area contributed by atoms with Crippen LogP contribution in [0.4, 0.5) is 5.69 Å². The van der Waals surface area contributed by atoms with Crippen LogP contribution in [0.5, 0.6) is 0 Å². The Morgan fingerprint density at radius 1 is 1.30 bits per heavy atom. The number of benzene rings is 1. The Morgan fingerprint density at radius 2 is 1.89 bits per heavy atom. The van der Waals surface area contributed by atoms with Crippen molar-refractivity contribution in [2.45, 2.75) is 39.7 Å². The molecule has 1 aromatic carbocycles. The van der Waals surface area contributed by atoms with Gasteiger partial charge in [0, 0.05) is 37.5 Å². The molecule has 1 aliphatic heterocycles. The van der Waals surface area contributed by atoms with Crippen molar-refractivity contribution in [3.8, 4) is 0 Å². The van der Waals surface area contributed by atoms with E-state index in [-0.39, 0.29) is 0 Å². The van der Waals surface area contributed by atoms with Crippen molar-refractivity contribution in [2.24, 2.45) is 4.99 Å². The number of hydrogen-bond acceptors (Lipinski definition) is 5. The van der Waals surface area contributed by atoms with E-state index in [2.05, 4.69) is 41.5 Å². The lowest BCUT2D eigenvalue weighted by atomic mass is 9.96. The summed E-state index contributed by atoms with van der Waals surface area (Å²) >= 11 is 6.16. The van der Waals surface area contributed by atoms with Crippen molar-refractivity contribution >= 4 is 30.3 Å². The van der Waals surface area contributed by atoms with Crippen molar-refractivity contribution in [1.29, 1.82) is 0 Å². The van der Waals surface area contributed by atoms with Crippen molar-refractivity contribution in [3.05, 3.63) is 51.8 Å². The summed E-state index contributed by atoms with van der Waals surface area (Å²) in [6.45, 7) is 15.1. The Hall–Kier alpha value is -2.11. The summed E-state index contributed by atoms with van der Waals surface area (Å²) in [4.78, 5) is 17.6. The number of carbonyl (C=O) groups is 1. The number of anilines is 1. The number of allylic oxidation sites excluding steroid dienone is 2. The van der Waals surface area contributed by atoms with Gasteiger partial charge in [-0.15, -0.1) is 0 Å². The predicted molar refractivity (Wildman–Crippen MR) is 115 cm³/mol. The molecule has 0 saturated carbocycles. The molecule has 0 bridgehead atoms. The van der Waals surface area contributed by atoms with E-state index in [1.807, 2.05) is 13.8 Å². The number of piperidine rings is 1. The normalized spacial score (nSPS) is 15.3. The number of aliphatic imine (C=N–C) groups is 1. The van der Waals surface area contributed by atoms with Gasteiger partial charge >= 0.3 is 0 Å². The Kier molecular flexibility index (Phi) is 9.26. The van der Waals surface area contributed by atoms with Crippen LogP contribution in [0.1, 0.15) is 39.9 Å². The maximum absolute atomic E-state index is 11.4. The average molecular weight is 392 g/mol. The van der Waals surface area contributed by atoms with Gasteiger partial charge in [-0.05, 0) is 63.1 Å². The van der Waals surface area contributed by atoms with Gasteiger partial charge in [-0.3, -0.25) is 4.79 Å². The lowest BCUT2D eigenvalue weighted by molar-refractivity contribution is 0.112. The number of aliphatic hydroxyl groups excluding tert-OH is 1. The molecule has 2 rings (SSSR count). The molecule has 5 nitrogen and oxygen atoms in total. The second kappa shape index (κ2) is 10.9. The summed E-state index contributed by atoms with van der Waals surface area (Å²) in [5, 5.41) is 11.2. The van der Waals surface area contributed by atoms with E-state index in [0.717, 1.165) is 61.7 Å². The fourth-order valence-electron chi connectivity index (χ4n) is 3.46. The Morgan fingerprint density at radius 3 is 2.37 bits per heavy atom. The van der Waals surface area contributed by atoms with E-state index in [9.17, 15) is 4.79 Å². The van der Waals surface area contributed by atoms with E-state index in [4.69, 9.17) is 16.7 Å². The molecule has 0 atom stereocenters. The highest BCUT2D eigenvalue weighted by Crippen LogP contribution is 2.29. The first-order valence-corrected chi connectivity index (χ1v) is 9.31. The number of hydrogen-bond donors (Lipinski definition) is 2. The molecular weight excluding hydrogens is 362 g/mol. The van der Waals surface area contributed by atoms with Gasteiger partial charge in [0.1, 0.15) is 5.82 Å². The average Bonchev–Trinajstić information content (AvgIpc) is 2.68. The number of aldehydes is 1. The van der Waals surface area contributed by atoms with Gasteiger partial charge in [-0.2, -0.15) is 0 Å². The van der Waals surface area contributed by atoms with Crippen LogP contribution in [0, 0.1) is 20.8 Å². The van der Waals surface area contributed by atoms with Gasteiger partial charge in [0.2, 0.25) is 0 Å². The lowest BCUT2D eigenvalue weighted by Crippen LogP contribution is -2.38. The van der Waals surface area contributed by atoms with Gasteiger partial charge in [-0.25, -0.2) is 4.99 Å². The molecular formula is C21H30ClN3O2. The summed E-state index contributed by atoms with van der Waals surface area (Å²) in [5.41, 5.74) is 5.08. The first kappa shape index (κ1) is 22.9. The zero-order chi connectivity index (χ0) is 20.6. The van der Waals surface area contributed by atoms with E-state index in [1.54, 1.807) is 6.08 Å². The first-order valence-electron chi connectivity index (χ1n) is 8.94. The number of carbonyl (C=O) groups excluding carboxylic acids is 1. The number of aliphatic hydroxyl groups is 1. The molecule has 1 aliphatic rings. The maximum Gasteiger partial charge on any atom is 0.150 e. The third-order valence-electron chi connectivity index (χ3n) is 4.83. The van der Waals surface area contributed by atoms with Gasteiger partial charge in [-0.1, -0.05) is 24.2 Å². The second-order valence-electron chi connectivity index (χ2n) is 6.48. The molecule has 0 aliphatic carbocycles. The van der Waals surface area contributed by atoms with Crippen LogP contribution >= 0.6 is 11.6 Å². The minimum absolute atomic E-state index is 0.351. The summed E-state index contributed by atoms with van der Waals surface area (Å²) in [7, 11) is 1.00. The summed E-state index contributed by atoms with van der Waals surface area (Å²) in [5.74, 6) is 0.695. The molecule has 27 heavy (non-hydrogen) atoms. The molecule has 6 heteroatoms. The number of nitrogens with zero attached hydrogens (tertiary/aromatic N) is 2. The van der Waals surface area contributed by atoms with Gasteiger partial charge in [0.25, 0.3) is 0 Å². The summed E-state index contributed by atoms with van der Waals surface area (Å²) in [6.07, 6.45) is 4.46. The van der Waals surface area contributed by atoms with Crippen LogP contribution in [0.3, 0.4) is 0 Å². The molecule has 1 fully saturated rings. The SMILES string of the molecule is C=C/C(Cl)=C(\N=C)N1CCC(Nc2c(C)cc(C)c(C=O)c2C)CC1.CO. The molecule has 0 aromatic heterocycles. The third-order valence-corrected chi connectivity index (χ3v) is 5.16. The van der Waals surface area contributed by atoms with Crippen molar-refractivity contribution < 1.29 is 9.90 Å². The minimum atomic E-state index is 0.351. The lowest BCUT2D eigenvalue weighted by Gasteiger charge is -2.35. The van der Waals surface area contributed by atoms with Gasteiger partial charge in [0.05, 0.1) is 5.03 Å². The van der Waals surface area contributed by atoms with Crippen molar-refractivity contribution in [2.75, 3.05) is 25.5 Å². The fourth-order valence-corrected chi connectivity index (χ4v) is 3.64. The number of aryl methyl sites for hydroxylation is 2. The summed E-state index contributed by atoms with van der Waals surface area (Å²) in [6, 6.07) is 2.42. The third kappa shape index (κ3) is 5.44. The number of halogens is 1. The topological polar surface area (TPSA) is 64.9 Å². The number of likely N-dealkylation sites (tertiary alicyclic amines) is 1. The smallest absolute Gasteiger partial charge is 0.150 e. The second-order valence-corrected chi connectivity index (χ2v) is 6.89. The first-order chi connectivity index (χ1) is 12.9. The highest BCUT2D eigenvalue weighted by Gasteiger charge is 2.23. The van der Waals surface area contributed by atoms with Crippen molar-refractivity contribution in [3.63, 3.8) is 0 Å². The predicted octanol–water partition coefficient (Wildman–Crippen LogP) is 4.20. The highest BCUT2D eigenvalue weighted by atomic mass is 35.5. The Balaban J connectivity index is 0.00000176.